The van der Waals surface area contributed by atoms with Crippen LogP contribution in [0, 0.1) is 5.82 Å². The van der Waals surface area contributed by atoms with Gasteiger partial charge in [0, 0.05) is 23.9 Å². The maximum absolute atomic E-state index is 15.2. The molecule has 0 saturated carbocycles. The first kappa shape index (κ1) is 23.6. The molecule has 176 valence electrons. The van der Waals surface area contributed by atoms with Gasteiger partial charge in [0.25, 0.3) is 11.8 Å². The Morgan fingerprint density at radius 2 is 1.85 bits per heavy atom. The smallest absolute Gasteiger partial charge is 0.270 e. The van der Waals surface area contributed by atoms with E-state index in [1.165, 1.54) is 17.0 Å². The van der Waals surface area contributed by atoms with Crippen LogP contribution in [-0.4, -0.2) is 36.1 Å². The molecule has 1 saturated heterocycles. The number of hydrogen-bond acceptors (Lipinski definition) is 5. The number of halogens is 1. The van der Waals surface area contributed by atoms with Crippen LogP contribution >= 0.6 is 12.2 Å². The number of anilines is 2. The Balaban J connectivity index is 1.74. The Morgan fingerprint density at radius 1 is 1.18 bits per heavy atom. The third-order valence-corrected chi connectivity index (χ3v) is 6.43. The second-order valence-electron chi connectivity index (χ2n) is 8.82. The van der Waals surface area contributed by atoms with E-state index < -0.39 is 17.6 Å². The highest BCUT2D eigenvalue weighted by Gasteiger charge is 2.35. The van der Waals surface area contributed by atoms with Crippen molar-refractivity contribution in [2.24, 2.45) is 0 Å². The Labute approximate surface area is 203 Å². The number of amides is 2. The number of carbonyl (C=O) groups is 2. The Kier molecular flexibility index (Phi) is 6.03. The lowest BCUT2D eigenvalue weighted by atomic mass is 9.88. The van der Waals surface area contributed by atoms with Gasteiger partial charge in [-0.2, -0.15) is 0 Å². The number of nitrogens with zero attached hydrogens (tertiary/aromatic N) is 2. The second kappa shape index (κ2) is 8.68. The van der Waals surface area contributed by atoms with Crippen molar-refractivity contribution >= 4 is 52.2 Å². The first-order valence-corrected chi connectivity index (χ1v) is 11.4. The molecule has 0 aromatic heterocycles. The predicted octanol–water partition coefficient (Wildman–Crippen LogP) is 4.69. The third kappa shape index (κ3) is 4.09. The van der Waals surface area contributed by atoms with E-state index in [9.17, 15) is 9.59 Å². The summed E-state index contributed by atoms with van der Waals surface area (Å²) in [5, 5.41) is 2.50. The van der Waals surface area contributed by atoms with E-state index in [0.29, 0.717) is 18.0 Å². The molecule has 8 heteroatoms. The highest BCUT2D eigenvalue weighted by Crippen LogP contribution is 2.39. The molecule has 0 unspecified atom stereocenters. The van der Waals surface area contributed by atoms with Crippen LogP contribution in [0.3, 0.4) is 0 Å². The van der Waals surface area contributed by atoms with Crippen molar-refractivity contribution in [1.29, 1.82) is 0 Å². The molecule has 0 spiro atoms. The van der Waals surface area contributed by atoms with Crippen molar-refractivity contribution in [2.75, 3.05) is 23.5 Å². The molecule has 2 aromatic carbocycles. The summed E-state index contributed by atoms with van der Waals surface area (Å²) in [4.78, 5) is 29.2. The quantitative estimate of drug-likeness (QED) is 0.392. The molecule has 0 radical (unpaired) electrons. The van der Waals surface area contributed by atoms with Gasteiger partial charge in [-0.05, 0) is 88.0 Å². The Morgan fingerprint density at radius 3 is 2.50 bits per heavy atom. The van der Waals surface area contributed by atoms with Crippen LogP contribution in [0.15, 0.2) is 48.0 Å². The van der Waals surface area contributed by atoms with Gasteiger partial charge in [-0.1, -0.05) is 6.08 Å². The molecule has 2 aliphatic rings. The number of thiocarbonyl (C=S) groups is 1. The van der Waals surface area contributed by atoms with Gasteiger partial charge in [0.15, 0.2) is 5.11 Å². The molecule has 0 atom stereocenters. The summed E-state index contributed by atoms with van der Waals surface area (Å²) < 4.78 is 20.6. The molecule has 0 bridgehead atoms. The van der Waals surface area contributed by atoms with Gasteiger partial charge < -0.3 is 9.64 Å². The summed E-state index contributed by atoms with van der Waals surface area (Å²) in [5.74, 6) is -1.17. The topological polar surface area (TPSA) is 61.9 Å². The molecule has 1 fully saturated rings. The summed E-state index contributed by atoms with van der Waals surface area (Å²) in [5.41, 5.74) is 2.74. The van der Waals surface area contributed by atoms with Gasteiger partial charge in [-0.25, -0.2) is 4.39 Å². The van der Waals surface area contributed by atoms with Gasteiger partial charge in [-0.3, -0.25) is 19.8 Å². The fraction of sp³-hybridized carbons (Fsp3) is 0.269. The molecule has 2 heterocycles. The molecule has 1 N–H and O–H groups in total. The minimum atomic E-state index is -0.667. The van der Waals surface area contributed by atoms with Crippen molar-refractivity contribution in [2.45, 2.75) is 33.2 Å². The van der Waals surface area contributed by atoms with Crippen molar-refractivity contribution in [3.05, 3.63) is 65.0 Å². The van der Waals surface area contributed by atoms with Crippen LogP contribution in [0.2, 0.25) is 0 Å². The molecule has 2 aliphatic heterocycles. The van der Waals surface area contributed by atoms with Gasteiger partial charge in [0.2, 0.25) is 0 Å². The molecule has 34 heavy (non-hydrogen) atoms. The lowest BCUT2D eigenvalue weighted by Gasteiger charge is -2.40. The van der Waals surface area contributed by atoms with Crippen LogP contribution in [0.5, 0.6) is 5.75 Å². The second-order valence-corrected chi connectivity index (χ2v) is 9.20. The van der Waals surface area contributed by atoms with E-state index in [1.807, 2.05) is 25.8 Å². The van der Waals surface area contributed by atoms with Crippen LogP contribution in [0.25, 0.3) is 11.6 Å². The van der Waals surface area contributed by atoms with E-state index in [2.05, 4.69) is 25.2 Å². The molecule has 0 aliphatic carbocycles. The van der Waals surface area contributed by atoms with E-state index in [4.69, 9.17) is 17.0 Å². The summed E-state index contributed by atoms with van der Waals surface area (Å²) in [7, 11) is 1.91. The minimum absolute atomic E-state index is 0.0372. The minimum Gasteiger partial charge on any atom is -0.494 e. The summed E-state index contributed by atoms with van der Waals surface area (Å²) in [6, 6.07) is 9.89. The van der Waals surface area contributed by atoms with E-state index in [0.717, 1.165) is 16.8 Å². The molecule has 4 rings (SSSR count). The number of benzene rings is 2. The van der Waals surface area contributed by atoms with E-state index in [1.54, 1.807) is 30.3 Å². The lowest BCUT2D eigenvalue weighted by molar-refractivity contribution is -0.122. The van der Waals surface area contributed by atoms with Crippen LogP contribution < -0.4 is 19.9 Å². The molecule has 2 aromatic rings. The number of fused-ring (bicyclic) bond motifs is 1. The zero-order valence-corrected chi connectivity index (χ0v) is 20.5. The highest BCUT2D eigenvalue weighted by atomic mass is 32.1. The van der Waals surface area contributed by atoms with E-state index in [-0.39, 0.29) is 21.8 Å². The number of hydrogen-bond donors (Lipinski definition) is 1. The van der Waals surface area contributed by atoms with Gasteiger partial charge in [-0.15, -0.1) is 0 Å². The first-order valence-electron chi connectivity index (χ1n) is 10.9. The zero-order chi connectivity index (χ0) is 24.8. The Hall–Kier alpha value is -3.52. The van der Waals surface area contributed by atoms with Crippen molar-refractivity contribution in [3.8, 4) is 5.75 Å². The largest absolute Gasteiger partial charge is 0.494 e. The SMILES string of the molecule is CCOc1ccc(N2C(=O)/C(=C\c3cc4c(cc3F)N(C)C(C)(C)C=C4C)C(=O)NC2=S)cc1. The van der Waals surface area contributed by atoms with Crippen molar-refractivity contribution in [1.82, 2.24) is 5.32 Å². The maximum atomic E-state index is 15.2. The van der Waals surface area contributed by atoms with Crippen LogP contribution in [0.4, 0.5) is 15.8 Å². The average molecular weight is 480 g/mol. The number of ether oxygens (including phenoxy) is 1. The van der Waals surface area contributed by atoms with Crippen molar-refractivity contribution in [3.63, 3.8) is 0 Å². The Bertz CT molecular complexity index is 1260. The van der Waals surface area contributed by atoms with Crippen molar-refractivity contribution < 1.29 is 18.7 Å². The lowest BCUT2D eigenvalue weighted by Crippen LogP contribution is -2.54. The van der Waals surface area contributed by atoms with Crippen LogP contribution in [0.1, 0.15) is 38.8 Å². The zero-order valence-electron chi connectivity index (χ0n) is 19.7. The number of carbonyl (C=O) groups excluding carboxylic acids is 2. The average Bonchev–Trinajstić information content (AvgIpc) is 2.76. The van der Waals surface area contributed by atoms with E-state index >= 15 is 4.39 Å². The standard InChI is InChI=1S/C26H26FN3O3S/c1-6-33-18-9-7-17(8-10-18)30-24(32)20(23(31)28-25(30)34)12-16-11-19-15(2)14-26(3,4)29(5)22(19)13-21(16)27/h7-14H,6H2,1-5H3,(H,28,31,34)/b20-12-. The number of nitrogens with one attached hydrogen (secondary N) is 1. The van der Waals surface area contributed by atoms with Crippen LogP contribution in [-0.2, 0) is 9.59 Å². The number of allylic oxidation sites excluding steroid dienone is 1. The summed E-state index contributed by atoms with van der Waals surface area (Å²) in [6.07, 6.45) is 3.39. The molecular weight excluding hydrogens is 453 g/mol. The fourth-order valence-electron chi connectivity index (χ4n) is 4.20. The number of rotatable bonds is 4. The first-order chi connectivity index (χ1) is 16.0. The van der Waals surface area contributed by atoms with Gasteiger partial charge in [0.1, 0.15) is 17.1 Å². The summed E-state index contributed by atoms with van der Waals surface area (Å²) in [6.45, 7) is 8.46. The number of likely N-dealkylation sites (N-methyl/N-ethyl adjacent to an activating group) is 1. The monoisotopic (exact) mass is 479 g/mol. The maximum Gasteiger partial charge on any atom is 0.270 e. The molecule has 6 nitrogen and oxygen atoms in total. The third-order valence-electron chi connectivity index (χ3n) is 6.14. The normalized spacial score (nSPS) is 18.6. The van der Waals surface area contributed by atoms with Gasteiger partial charge in [0.05, 0.1) is 17.8 Å². The summed E-state index contributed by atoms with van der Waals surface area (Å²) >= 11 is 5.25. The fourth-order valence-corrected chi connectivity index (χ4v) is 4.48. The highest BCUT2D eigenvalue weighted by molar-refractivity contribution is 7.80. The van der Waals surface area contributed by atoms with Gasteiger partial charge >= 0.3 is 0 Å². The molecular formula is C26H26FN3O3S. The molecule has 2 amide bonds. The predicted molar refractivity (Wildman–Crippen MR) is 136 cm³/mol.